The Balaban J connectivity index is 1.87. The Bertz CT molecular complexity index is 761. The fourth-order valence-corrected chi connectivity index (χ4v) is 3.04. The first-order chi connectivity index (χ1) is 10.5. The maximum absolute atomic E-state index is 12.2. The number of pyridine rings is 1. The summed E-state index contributed by atoms with van der Waals surface area (Å²) in [6, 6.07) is 2.09. The van der Waals surface area contributed by atoms with Crippen molar-refractivity contribution < 1.29 is 9.53 Å². The van der Waals surface area contributed by atoms with E-state index >= 15 is 0 Å². The van der Waals surface area contributed by atoms with Gasteiger partial charge in [-0.25, -0.2) is 9.78 Å². The van der Waals surface area contributed by atoms with E-state index in [0.29, 0.717) is 19.0 Å². The van der Waals surface area contributed by atoms with Crippen LogP contribution in [0.2, 0.25) is 0 Å². The molecule has 1 saturated carbocycles. The predicted molar refractivity (Wildman–Crippen MR) is 83.0 cm³/mol. The summed E-state index contributed by atoms with van der Waals surface area (Å²) in [5.41, 5.74) is 8.89. The van der Waals surface area contributed by atoms with Crippen molar-refractivity contribution in [2.45, 2.75) is 44.8 Å². The van der Waals surface area contributed by atoms with Gasteiger partial charge in [-0.2, -0.15) is 0 Å². The van der Waals surface area contributed by atoms with Crippen LogP contribution in [-0.2, 0) is 11.3 Å². The summed E-state index contributed by atoms with van der Waals surface area (Å²) in [5.74, 6) is 0.596. The molecule has 22 heavy (non-hydrogen) atoms. The molecule has 0 atom stereocenters. The monoisotopic (exact) mass is 300 g/mol. The van der Waals surface area contributed by atoms with Crippen LogP contribution in [0.5, 0.6) is 0 Å². The normalized spacial score (nSPS) is 20.7. The van der Waals surface area contributed by atoms with Crippen LogP contribution < -0.4 is 10.6 Å². The topological polar surface area (TPSA) is 72.9 Å². The third-order valence-corrected chi connectivity index (χ3v) is 4.27. The van der Waals surface area contributed by atoms with E-state index in [0.717, 1.165) is 17.0 Å². The molecule has 2 aromatic heterocycles. The van der Waals surface area contributed by atoms with Gasteiger partial charge in [0.15, 0.2) is 5.65 Å². The molecule has 2 aliphatic rings. The third kappa shape index (κ3) is 2.14. The number of ether oxygens (including phenoxy) is 1. The van der Waals surface area contributed by atoms with Gasteiger partial charge in [0, 0.05) is 18.9 Å². The highest BCUT2D eigenvalue weighted by molar-refractivity contribution is 5.94. The van der Waals surface area contributed by atoms with Crippen LogP contribution in [0.15, 0.2) is 18.5 Å². The van der Waals surface area contributed by atoms with E-state index in [-0.39, 0.29) is 6.09 Å². The number of amides is 1. The number of anilines is 1. The fourth-order valence-electron chi connectivity index (χ4n) is 3.04. The first-order valence-electron chi connectivity index (χ1n) is 7.69. The Morgan fingerprint density at radius 3 is 2.77 bits per heavy atom. The van der Waals surface area contributed by atoms with Gasteiger partial charge in [0.25, 0.3) is 0 Å². The van der Waals surface area contributed by atoms with Gasteiger partial charge < -0.3 is 14.9 Å². The lowest BCUT2D eigenvalue weighted by Gasteiger charge is -2.17. The largest absolute Gasteiger partial charge is 0.441 e. The first-order valence-corrected chi connectivity index (χ1v) is 7.69. The highest BCUT2D eigenvalue weighted by atomic mass is 16.6. The highest BCUT2D eigenvalue weighted by Gasteiger charge is 2.40. The summed E-state index contributed by atoms with van der Waals surface area (Å²) in [7, 11) is 0. The number of hydrogen-bond acceptors (Lipinski definition) is 4. The predicted octanol–water partition coefficient (Wildman–Crippen LogP) is 2.41. The lowest BCUT2D eigenvalue weighted by atomic mass is 10.1. The average Bonchev–Trinajstić information content (AvgIpc) is 3.16. The summed E-state index contributed by atoms with van der Waals surface area (Å²) in [5, 5.41) is 0. The molecule has 1 saturated heterocycles. The Hall–Kier alpha value is -2.08. The molecule has 0 spiro atoms. The van der Waals surface area contributed by atoms with Crippen molar-refractivity contribution in [3.8, 4) is 0 Å². The van der Waals surface area contributed by atoms with Gasteiger partial charge in [-0.15, -0.1) is 0 Å². The molecule has 3 heterocycles. The first kappa shape index (κ1) is 13.6. The van der Waals surface area contributed by atoms with E-state index < -0.39 is 5.60 Å². The van der Waals surface area contributed by atoms with Crippen LogP contribution in [0.3, 0.4) is 0 Å². The molecule has 1 aliphatic carbocycles. The quantitative estimate of drug-likeness (QED) is 0.944. The van der Waals surface area contributed by atoms with Crippen molar-refractivity contribution >= 4 is 17.4 Å². The van der Waals surface area contributed by atoms with Crippen LogP contribution in [0.25, 0.3) is 5.65 Å². The second kappa shape index (κ2) is 4.46. The molecule has 6 heteroatoms. The number of nitrogens with two attached hydrogens (primary N) is 1. The standard InChI is InChI=1S/C16H20N4O2/c1-16(2)9-20(15(21)22-16)13-5-11(10-3-4-10)7-19-8-12(6-17)18-14(13)19/h5,7-8,10H,3-4,6,9,17H2,1-2H3. The van der Waals surface area contributed by atoms with Crippen LogP contribution in [0, 0.1) is 0 Å². The van der Waals surface area contributed by atoms with Gasteiger partial charge in [-0.3, -0.25) is 4.90 Å². The minimum atomic E-state index is -0.479. The summed E-state index contributed by atoms with van der Waals surface area (Å²) >= 11 is 0. The summed E-state index contributed by atoms with van der Waals surface area (Å²) in [6.07, 6.45) is 6.16. The summed E-state index contributed by atoms with van der Waals surface area (Å²) < 4.78 is 7.43. The average molecular weight is 300 g/mol. The molecular weight excluding hydrogens is 280 g/mol. The van der Waals surface area contributed by atoms with Gasteiger partial charge in [0.1, 0.15) is 5.60 Å². The maximum Gasteiger partial charge on any atom is 0.415 e. The van der Waals surface area contributed by atoms with Crippen molar-refractivity contribution in [2.24, 2.45) is 5.73 Å². The molecule has 2 aromatic rings. The lowest BCUT2D eigenvalue weighted by molar-refractivity contribution is 0.0871. The van der Waals surface area contributed by atoms with Crippen molar-refractivity contribution in [2.75, 3.05) is 11.4 Å². The van der Waals surface area contributed by atoms with Crippen molar-refractivity contribution in [1.29, 1.82) is 0 Å². The number of rotatable bonds is 3. The number of cyclic esters (lactones) is 1. The lowest BCUT2D eigenvalue weighted by Crippen LogP contribution is -2.28. The number of hydrogen-bond donors (Lipinski definition) is 1. The number of aromatic nitrogens is 2. The Morgan fingerprint density at radius 2 is 2.18 bits per heavy atom. The maximum atomic E-state index is 12.2. The SMILES string of the molecule is CC1(C)CN(c2cc(C3CC3)cn3cc(CN)nc23)C(=O)O1. The van der Waals surface area contributed by atoms with Crippen molar-refractivity contribution in [3.63, 3.8) is 0 Å². The molecule has 6 nitrogen and oxygen atoms in total. The Labute approximate surface area is 128 Å². The fraction of sp³-hybridized carbons (Fsp3) is 0.500. The van der Waals surface area contributed by atoms with E-state index in [1.807, 2.05) is 24.4 Å². The number of imidazole rings is 1. The molecule has 0 unspecified atom stereocenters. The van der Waals surface area contributed by atoms with Crippen LogP contribution in [-0.4, -0.2) is 27.6 Å². The zero-order chi connectivity index (χ0) is 15.5. The second-order valence-corrected chi connectivity index (χ2v) is 6.81. The number of fused-ring (bicyclic) bond motifs is 1. The molecule has 1 amide bonds. The van der Waals surface area contributed by atoms with Gasteiger partial charge in [-0.1, -0.05) is 0 Å². The molecular formula is C16H20N4O2. The van der Waals surface area contributed by atoms with E-state index in [4.69, 9.17) is 10.5 Å². The molecule has 0 aromatic carbocycles. The summed E-state index contributed by atoms with van der Waals surface area (Å²) in [4.78, 5) is 18.5. The van der Waals surface area contributed by atoms with Crippen LogP contribution >= 0.6 is 0 Å². The number of carbonyl (C=O) groups excluding carboxylic acids is 1. The molecule has 0 radical (unpaired) electrons. The van der Waals surface area contributed by atoms with Crippen molar-refractivity contribution in [1.82, 2.24) is 9.38 Å². The molecule has 4 rings (SSSR count). The highest BCUT2D eigenvalue weighted by Crippen LogP contribution is 2.42. The van der Waals surface area contributed by atoms with E-state index in [1.54, 1.807) is 4.90 Å². The number of nitrogens with zero attached hydrogens (tertiary/aromatic N) is 3. The molecule has 116 valence electrons. The molecule has 1 aliphatic heterocycles. The Kier molecular flexibility index (Phi) is 2.75. The minimum absolute atomic E-state index is 0.308. The zero-order valence-corrected chi connectivity index (χ0v) is 12.9. The number of carbonyl (C=O) groups is 1. The van der Waals surface area contributed by atoms with Gasteiger partial charge in [-0.05, 0) is 44.2 Å². The molecule has 0 bridgehead atoms. The Morgan fingerprint density at radius 1 is 1.41 bits per heavy atom. The minimum Gasteiger partial charge on any atom is -0.441 e. The van der Waals surface area contributed by atoms with E-state index in [2.05, 4.69) is 17.2 Å². The van der Waals surface area contributed by atoms with Gasteiger partial charge in [0.05, 0.1) is 17.9 Å². The third-order valence-electron chi connectivity index (χ3n) is 4.27. The van der Waals surface area contributed by atoms with Crippen molar-refractivity contribution in [3.05, 3.63) is 29.7 Å². The smallest absolute Gasteiger partial charge is 0.415 e. The van der Waals surface area contributed by atoms with Crippen LogP contribution in [0.1, 0.15) is 43.9 Å². The van der Waals surface area contributed by atoms with Gasteiger partial charge in [0.2, 0.25) is 0 Å². The van der Waals surface area contributed by atoms with Gasteiger partial charge >= 0.3 is 6.09 Å². The molecule has 2 N–H and O–H groups in total. The van der Waals surface area contributed by atoms with E-state index in [9.17, 15) is 4.79 Å². The van der Waals surface area contributed by atoms with Crippen LogP contribution in [0.4, 0.5) is 10.5 Å². The molecule has 2 fully saturated rings. The zero-order valence-electron chi connectivity index (χ0n) is 12.9. The second-order valence-electron chi connectivity index (χ2n) is 6.81. The van der Waals surface area contributed by atoms with E-state index in [1.165, 1.54) is 18.4 Å². The summed E-state index contributed by atoms with van der Waals surface area (Å²) in [6.45, 7) is 4.75.